The molecule has 3 N–H and O–H groups in total. The van der Waals surface area contributed by atoms with Gasteiger partial charge in [0.05, 0.1) is 5.54 Å². The number of benzene rings is 1. The van der Waals surface area contributed by atoms with Crippen LogP contribution in [0, 0.1) is 6.92 Å². The van der Waals surface area contributed by atoms with Gasteiger partial charge < -0.3 is 10.8 Å². The maximum atomic E-state index is 9.57. The summed E-state index contributed by atoms with van der Waals surface area (Å²) < 4.78 is 0. The minimum Gasteiger partial charge on any atom is -0.508 e. The molecular weight excluding hydrogens is 162 g/mol. The summed E-state index contributed by atoms with van der Waals surface area (Å²) in [6.07, 6.45) is 1.63. The Hall–Kier alpha value is -1.28. The highest BCUT2D eigenvalue weighted by Gasteiger charge is 2.20. The molecule has 0 aromatic heterocycles. The van der Waals surface area contributed by atoms with Gasteiger partial charge in [0.1, 0.15) is 5.75 Å². The van der Waals surface area contributed by atoms with Gasteiger partial charge in [-0.2, -0.15) is 0 Å². The highest BCUT2D eigenvalue weighted by molar-refractivity contribution is 5.42. The number of hydrogen-bond acceptors (Lipinski definition) is 2. The first kappa shape index (κ1) is 9.81. The van der Waals surface area contributed by atoms with Crippen molar-refractivity contribution in [3.8, 4) is 5.75 Å². The zero-order chi connectivity index (χ0) is 10.1. The van der Waals surface area contributed by atoms with Crippen molar-refractivity contribution in [1.82, 2.24) is 0 Å². The Morgan fingerprint density at radius 2 is 2.15 bits per heavy atom. The van der Waals surface area contributed by atoms with Gasteiger partial charge in [0, 0.05) is 5.56 Å². The van der Waals surface area contributed by atoms with Crippen molar-refractivity contribution in [3.63, 3.8) is 0 Å². The summed E-state index contributed by atoms with van der Waals surface area (Å²) in [6, 6.07) is 5.37. The lowest BCUT2D eigenvalue weighted by molar-refractivity contribution is 0.452. The van der Waals surface area contributed by atoms with E-state index in [1.54, 1.807) is 12.1 Å². The number of aryl methyl sites for hydroxylation is 1. The second-order valence-electron chi connectivity index (χ2n) is 3.51. The fourth-order valence-electron chi connectivity index (χ4n) is 1.19. The molecule has 1 rings (SSSR count). The van der Waals surface area contributed by atoms with E-state index in [1.165, 1.54) is 0 Å². The Kier molecular flexibility index (Phi) is 2.43. The van der Waals surface area contributed by atoms with E-state index in [-0.39, 0.29) is 5.75 Å². The maximum absolute atomic E-state index is 9.57. The van der Waals surface area contributed by atoms with E-state index in [1.807, 2.05) is 26.0 Å². The van der Waals surface area contributed by atoms with Crippen LogP contribution in [0.1, 0.15) is 18.1 Å². The minimum absolute atomic E-state index is 0.218. The first-order chi connectivity index (χ1) is 5.97. The van der Waals surface area contributed by atoms with Crippen LogP contribution in [-0.4, -0.2) is 5.11 Å². The molecule has 1 atom stereocenters. The van der Waals surface area contributed by atoms with Crippen molar-refractivity contribution < 1.29 is 5.11 Å². The summed E-state index contributed by atoms with van der Waals surface area (Å²) in [7, 11) is 0. The highest BCUT2D eigenvalue weighted by atomic mass is 16.3. The molecule has 0 saturated heterocycles. The molecule has 0 bridgehead atoms. The number of phenols is 1. The van der Waals surface area contributed by atoms with Crippen LogP contribution in [0.25, 0.3) is 0 Å². The Morgan fingerprint density at radius 1 is 1.54 bits per heavy atom. The maximum Gasteiger partial charge on any atom is 0.120 e. The summed E-state index contributed by atoms with van der Waals surface area (Å²) in [6.45, 7) is 7.42. The van der Waals surface area contributed by atoms with E-state index in [2.05, 4.69) is 6.58 Å². The molecule has 0 aliphatic rings. The van der Waals surface area contributed by atoms with Crippen molar-refractivity contribution in [2.75, 3.05) is 0 Å². The van der Waals surface area contributed by atoms with Gasteiger partial charge in [0.25, 0.3) is 0 Å². The standard InChI is InChI=1S/C11H15NO/c1-4-11(3,12)9-7-8(2)5-6-10(9)13/h4-7,13H,1,12H2,2-3H3/t11-/m1/s1. The normalized spacial score (nSPS) is 15.0. The largest absolute Gasteiger partial charge is 0.508 e. The van der Waals surface area contributed by atoms with Gasteiger partial charge in [0.2, 0.25) is 0 Å². The number of rotatable bonds is 2. The molecule has 70 valence electrons. The molecule has 0 heterocycles. The number of aromatic hydroxyl groups is 1. The van der Waals surface area contributed by atoms with Crippen LogP contribution in [0.5, 0.6) is 5.75 Å². The number of phenolic OH excluding ortho intramolecular Hbond substituents is 1. The Balaban J connectivity index is 3.28. The van der Waals surface area contributed by atoms with E-state index in [0.717, 1.165) is 5.56 Å². The van der Waals surface area contributed by atoms with E-state index < -0.39 is 5.54 Å². The summed E-state index contributed by atoms with van der Waals surface area (Å²) in [5.74, 6) is 0.218. The second-order valence-corrected chi connectivity index (χ2v) is 3.51. The number of nitrogens with two attached hydrogens (primary N) is 1. The summed E-state index contributed by atoms with van der Waals surface area (Å²) in [4.78, 5) is 0. The summed E-state index contributed by atoms with van der Waals surface area (Å²) >= 11 is 0. The third kappa shape index (κ3) is 1.90. The third-order valence-corrected chi connectivity index (χ3v) is 2.16. The summed E-state index contributed by atoms with van der Waals surface area (Å²) in [5, 5.41) is 9.57. The number of hydrogen-bond donors (Lipinski definition) is 2. The van der Waals surface area contributed by atoms with Gasteiger partial charge in [0.15, 0.2) is 0 Å². The van der Waals surface area contributed by atoms with Gasteiger partial charge in [-0.3, -0.25) is 0 Å². The van der Waals surface area contributed by atoms with Crippen LogP contribution >= 0.6 is 0 Å². The molecule has 0 fully saturated rings. The molecule has 0 saturated carbocycles. The van der Waals surface area contributed by atoms with Gasteiger partial charge in [-0.1, -0.05) is 23.8 Å². The lowest BCUT2D eigenvalue weighted by Crippen LogP contribution is -2.30. The van der Waals surface area contributed by atoms with Gasteiger partial charge in [-0.05, 0) is 19.9 Å². The van der Waals surface area contributed by atoms with Crippen LogP contribution in [0.3, 0.4) is 0 Å². The van der Waals surface area contributed by atoms with Crippen molar-refractivity contribution in [2.45, 2.75) is 19.4 Å². The average molecular weight is 177 g/mol. The van der Waals surface area contributed by atoms with Crippen LogP contribution in [0.4, 0.5) is 0 Å². The fourth-order valence-corrected chi connectivity index (χ4v) is 1.19. The van der Waals surface area contributed by atoms with Crippen molar-refractivity contribution in [1.29, 1.82) is 0 Å². The zero-order valence-corrected chi connectivity index (χ0v) is 8.04. The molecule has 1 aromatic carbocycles. The Bertz CT molecular complexity index is 329. The lowest BCUT2D eigenvalue weighted by Gasteiger charge is -2.21. The van der Waals surface area contributed by atoms with Crippen LogP contribution < -0.4 is 5.73 Å². The quantitative estimate of drug-likeness (QED) is 0.679. The topological polar surface area (TPSA) is 46.2 Å². The fraction of sp³-hybridized carbons (Fsp3) is 0.273. The SMILES string of the molecule is C=C[C@@](C)(N)c1cc(C)ccc1O. The predicted octanol–water partition coefficient (Wildman–Crippen LogP) is 2.06. The van der Waals surface area contributed by atoms with Gasteiger partial charge >= 0.3 is 0 Å². The van der Waals surface area contributed by atoms with Crippen LogP contribution in [-0.2, 0) is 5.54 Å². The molecule has 0 spiro atoms. The zero-order valence-electron chi connectivity index (χ0n) is 8.04. The monoisotopic (exact) mass is 177 g/mol. The predicted molar refractivity (Wildman–Crippen MR) is 54.6 cm³/mol. The van der Waals surface area contributed by atoms with Crippen molar-refractivity contribution in [2.24, 2.45) is 5.73 Å². The lowest BCUT2D eigenvalue weighted by atomic mass is 9.91. The molecule has 0 aliphatic heterocycles. The van der Waals surface area contributed by atoms with E-state index >= 15 is 0 Å². The molecule has 1 aromatic rings. The average Bonchev–Trinajstić information content (AvgIpc) is 2.09. The first-order valence-corrected chi connectivity index (χ1v) is 4.20. The molecule has 0 aliphatic carbocycles. The molecule has 0 amide bonds. The van der Waals surface area contributed by atoms with Crippen LogP contribution in [0.15, 0.2) is 30.9 Å². The van der Waals surface area contributed by atoms with Gasteiger partial charge in [-0.15, -0.1) is 6.58 Å². The van der Waals surface area contributed by atoms with Crippen molar-refractivity contribution in [3.05, 3.63) is 42.0 Å². The second kappa shape index (κ2) is 3.23. The molecule has 0 unspecified atom stereocenters. The van der Waals surface area contributed by atoms with E-state index in [9.17, 15) is 5.11 Å². The molecule has 13 heavy (non-hydrogen) atoms. The molecule has 2 heteroatoms. The van der Waals surface area contributed by atoms with Crippen molar-refractivity contribution >= 4 is 0 Å². The first-order valence-electron chi connectivity index (χ1n) is 4.20. The molecule has 2 nitrogen and oxygen atoms in total. The smallest absolute Gasteiger partial charge is 0.120 e. The van der Waals surface area contributed by atoms with E-state index in [4.69, 9.17) is 5.73 Å². The molecule has 0 radical (unpaired) electrons. The summed E-state index contributed by atoms with van der Waals surface area (Å²) in [5.41, 5.74) is 7.04. The Morgan fingerprint density at radius 3 is 2.69 bits per heavy atom. The van der Waals surface area contributed by atoms with E-state index in [0.29, 0.717) is 5.56 Å². The Labute approximate surface area is 78.7 Å². The molecular formula is C11H15NO. The van der Waals surface area contributed by atoms with Crippen LogP contribution in [0.2, 0.25) is 0 Å². The van der Waals surface area contributed by atoms with Gasteiger partial charge in [-0.25, -0.2) is 0 Å². The third-order valence-electron chi connectivity index (χ3n) is 2.16. The highest BCUT2D eigenvalue weighted by Crippen LogP contribution is 2.28. The minimum atomic E-state index is -0.671.